The molecular weight excluding hydrogens is 216 g/mol. The molecular formula is C13H16N2O2. The Labute approximate surface area is 99.8 Å². The van der Waals surface area contributed by atoms with E-state index in [4.69, 9.17) is 0 Å². The first-order valence-corrected chi connectivity index (χ1v) is 5.84. The Hall–Kier alpha value is -1.84. The number of nitrogens with zero attached hydrogens (tertiary/aromatic N) is 2. The van der Waals surface area contributed by atoms with Gasteiger partial charge in [0.15, 0.2) is 5.69 Å². The molecule has 17 heavy (non-hydrogen) atoms. The first-order valence-electron chi connectivity index (χ1n) is 5.84. The Kier molecular flexibility index (Phi) is 3.13. The Morgan fingerprint density at radius 1 is 1.41 bits per heavy atom. The number of para-hydroxylation sites is 1. The zero-order valence-corrected chi connectivity index (χ0v) is 10.1. The Morgan fingerprint density at radius 3 is 2.82 bits per heavy atom. The van der Waals surface area contributed by atoms with Gasteiger partial charge in [0, 0.05) is 11.9 Å². The average molecular weight is 232 g/mol. The largest absolute Gasteiger partial charge is 0.493 e. The number of benzene rings is 1. The van der Waals surface area contributed by atoms with E-state index in [1.165, 1.54) is 0 Å². The van der Waals surface area contributed by atoms with Gasteiger partial charge in [0.25, 0.3) is 0 Å². The number of aromatic hydroxyl groups is 1. The van der Waals surface area contributed by atoms with Crippen molar-refractivity contribution >= 4 is 16.6 Å². The van der Waals surface area contributed by atoms with Gasteiger partial charge in [0.05, 0.1) is 5.52 Å². The molecule has 4 nitrogen and oxygen atoms in total. The van der Waals surface area contributed by atoms with Crippen molar-refractivity contribution in [3.05, 3.63) is 28.7 Å². The van der Waals surface area contributed by atoms with E-state index in [0.29, 0.717) is 6.54 Å². The predicted octanol–water partition coefficient (Wildman–Crippen LogP) is 3.85. The van der Waals surface area contributed by atoms with Crippen molar-refractivity contribution in [2.45, 2.75) is 33.2 Å². The molecule has 0 radical (unpaired) electrons. The minimum atomic E-state index is -0.0160. The van der Waals surface area contributed by atoms with Crippen molar-refractivity contribution in [2.75, 3.05) is 0 Å². The van der Waals surface area contributed by atoms with Crippen molar-refractivity contribution in [2.24, 2.45) is 5.18 Å². The summed E-state index contributed by atoms with van der Waals surface area (Å²) in [6.45, 7) is 4.77. The number of nitroso groups, excluding NO2 is 1. The number of unbranched alkanes of at least 4 members (excludes halogenated alkanes) is 1. The molecule has 0 unspecified atom stereocenters. The highest BCUT2D eigenvalue weighted by atomic mass is 16.3. The predicted molar refractivity (Wildman–Crippen MR) is 68.7 cm³/mol. The molecule has 0 saturated carbocycles. The minimum Gasteiger partial charge on any atom is -0.493 e. The van der Waals surface area contributed by atoms with Crippen LogP contribution in [0.1, 0.15) is 25.3 Å². The molecule has 0 fully saturated rings. The maximum absolute atomic E-state index is 10.8. The van der Waals surface area contributed by atoms with Gasteiger partial charge in [-0.25, -0.2) is 0 Å². The van der Waals surface area contributed by atoms with Gasteiger partial charge in [-0.1, -0.05) is 31.5 Å². The van der Waals surface area contributed by atoms with Crippen molar-refractivity contribution in [3.63, 3.8) is 0 Å². The number of aryl methyl sites for hydroxylation is 2. The summed E-state index contributed by atoms with van der Waals surface area (Å²) in [6.07, 6.45) is 2.00. The quantitative estimate of drug-likeness (QED) is 0.814. The fraction of sp³-hybridized carbons (Fsp3) is 0.385. The molecule has 0 aliphatic carbocycles. The van der Waals surface area contributed by atoms with E-state index < -0.39 is 0 Å². The van der Waals surface area contributed by atoms with Crippen LogP contribution < -0.4 is 0 Å². The number of hydrogen-bond donors (Lipinski definition) is 1. The summed E-state index contributed by atoms with van der Waals surface area (Å²) in [5.41, 5.74) is 2.11. The van der Waals surface area contributed by atoms with Gasteiger partial charge in [0.2, 0.25) is 5.88 Å². The topological polar surface area (TPSA) is 54.6 Å². The maximum Gasteiger partial charge on any atom is 0.222 e. The van der Waals surface area contributed by atoms with Gasteiger partial charge >= 0.3 is 0 Å². The number of hydrogen-bond acceptors (Lipinski definition) is 3. The summed E-state index contributed by atoms with van der Waals surface area (Å²) in [6, 6.07) is 5.66. The van der Waals surface area contributed by atoms with Crippen molar-refractivity contribution in [3.8, 4) is 5.88 Å². The monoisotopic (exact) mass is 232 g/mol. The molecule has 0 atom stereocenters. The maximum atomic E-state index is 10.8. The van der Waals surface area contributed by atoms with Gasteiger partial charge in [-0.2, -0.15) is 0 Å². The molecule has 4 heteroatoms. The van der Waals surface area contributed by atoms with Crippen molar-refractivity contribution < 1.29 is 5.11 Å². The first kappa shape index (κ1) is 11.6. The Bertz CT molecular complexity index is 558. The Morgan fingerprint density at radius 2 is 2.18 bits per heavy atom. The Balaban J connectivity index is 2.71. The lowest BCUT2D eigenvalue weighted by atomic mass is 10.1. The second kappa shape index (κ2) is 4.57. The molecule has 1 N–H and O–H groups in total. The molecule has 2 rings (SSSR count). The molecule has 0 spiro atoms. The van der Waals surface area contributed by atoms with Crippen LogP contribution >= 0.6 is 0 Å². The van der Waals surface area contributed by atoms with Crippen molar-refractivity contribution in [1.29, 1.82) is 0 Å². The van der Waals surface area contributed by atoms with E-state index in [0.717, 1.165) is 29.3 Å². The zero-order chi connectivity index (χ0) is 12.4. The average Bonchev–Trinajstić information content (AvgIpc) is 2.60. The van der Waals surface area contributed by atoms with Gasteiger partial charge in [-0.15, -0.1) is 4.91 Å². The first-order chi connectivity index (χ1) is 8.20. The number of fused-ring (bicyclic) bond motifs is 1. The highest BCUT2D eigenvalue weighted by Gasteiger charge is 2.17. The third-order valence-corrected chi connectivity index (χ3v) is 3.06. The molecule has 1 aromatic heterocycles. The molecule has 1 heterocycles. The standard InChI is InChI=1S/C13H16N2O2/c1-3-4-8-15-12-9(2)6-5-7-10(12)11(14-17)13(15)16/h5-7,16H,3-4,8H2,1-2H3. The van der Waals surface area contributed by atoms with E-state index in [2.05, 4.69) is 12.1 Å². The molecule has 2 aromatic rings. The van der Waals surface area contributed by atoms with E-state index in [-0.39, 0.29) is 11.6 Å². The lowest BCUT2D eigenvalue weighted by molar-refractivity contribution is 0.418. The van der Waals surface area contributed by atoms with Crippen LogP contribution in [0, 0.1) is 11.8 Å². The van der Waals surface area contributed by atoms with E-state index in [1.807, 2.05) is 25.1 Å². The second-order valence-electron chi connectivity index (χ2n) is 4.24. The van der Waals surface area contributed by atoms with Crippen LogP contribution in [0.4, 0.5) is 5.69 Å². The zero-order valence-electron chi connectivity index (χ0n) is 10.1. The third kappa shape index (κ3) is 1.79. The fourth-order valence-electron chi connectivity index (χ4n) is 2.19. The van der Waals surface area contributed by atoms with Crippen LogP contribution in [0.15, 0.2) is 23.4 Å². The molecule has 1 aromatic carbocycles. The molecule has 0 aliphatic heterocycles. The minimum absolute atomic E-state index is 0.0160. The lowest BCUT2D eigenvalue weighted by Gasteiger charge is -2.07. The van der Waals surface area contributed by atoms with Gasteiger partial charge in [0.1, 0.15) is 0 Å². The van der Waals surface area contributed by atoms with Gasteiger partial charge < -0.3 is 9.67 Å². The van der Waals surface area contributed by atoms with Crippen molar-refractivity contribution in [1.82, 2.24) is 4.57 Å². The summed E-state index contributed by atoms with van der Waals surface area (Å²) < 4.78 is 1.78. The van der Waals surface area contributed by atoms with Crippen LogP contribution in [-0.2, 0) is 6.54 Å². The van der Waals surface area contributed by atoms with Crippen LogP contribution in [0.3, 0.4) is 0 Å². The van der Waals surface area contributed by atoms with Crippen LogP contribution in [0.25, 0.3) is 10.9 Å². The summed E-state index contributed by atoms with van der Waals surface area (Å²) >= 11 is 0. The second-order valence-corrected chi connectivity index (χ2v) is 4.24. The lowest BCUT2D eigenvalue weighted by Crippen LogP contribution is -1.97. The summed E-state index contributed by atoms with van der Waals surface area (Å²) in [5.74, 6) is -0.0160. The van der Waals surface area contributed by atoms with Gasteiger partial charge in [-0.05, 0) is 24.1 Å². The van der Waals surface area contributed by atoms with E-state index in [9.17, 15) is 10.0 Å². The molecule has 0 aliphatic rings. The SMILES string of the molecule is CCCCn1c(O)c(N=O)c2cccc(C)c21. The fourth-order valence-corrected chi connectivity index (χ4v) is 2.19. The molecule has 0 bridgehead atoms. The summed E-state index contributed by atoms with van der Waals surface area (Å²) in [5, 5.41) is 13.7. The normalized spacial score (nSPS) is 10.9. The number of rotatable bonds is 4. The van der Waals surface area contributed by atoms with E-state index >= 15 is 0 Å². The molecule has 90 valence electrons. The summed E-state index contributed by atoms with van der Waals surface area (Å²) in [4.78, 5) is 10.8. The van der Waals surface area contributed by atoms with Crippen LogP contribution in [0.2, 0.25) is 0 Å². The molecule has 0 amide bonds. The van der Waals surface area contributed by atoms with Gasteiger partial charge in [-0.3, -0.25) is 0 Å². The summed E-state index contributed by atoms with van der Waals surface area (Å²) in [7, 11) is 0. The molecule has 0 saturated heterocycles. The van der Waals surface area contributed by atoms with Crippen LogP contribution in [0.5, 0.6) is 5.88 Å². The smallest absolute Gasteiger partial charge is 0.222 e. The third-order valence-electron chi connectivity index (χ3n) is 3.06. The van der Waals surface area contributed by atoms with Crippen LogP contribution in [-0.4, -0.2) is 9.67 Å². The highest BCUT2D eigenvalue weighted by Crippen LogP contribution is 2.39. The number of aromatic nitrogens is 1. The highest BCUT2D eigenvalue weighted by molar-refractivity contribution is 5.96. The van der Waals surface area contributed by atoms with E-state index in [1.54, 1.807) is 4.57 Å².